The highest BCUT2D eigenvalue weighted by Crippen LogP contribution is 2.22. The molecule has 1 N–H and O–H groups in total. The zero-order valence-corrected chi connectivity index (χ0v) is 12.2. The van der Waals surface area contributed by atoms with Gasteiger partial charge in [-0.1, -0.05) is 40.5 Å². The second kappa shape index (κ2) is 6.21. The van der Waals surface area contributed by atoms with Gasteiger partial charge < -0.3 is 10.2 Å². The lowest BCUT2D eigenvalue weighted by Gasteiger charge is -2.40. The summed E-state index contributed by atoms with van der Waals surface area (Å²) >= 11 is 0. The van der Waals surface area contributed by atoms with Gasteiger partial charge in [-0.15, -0.1) is 0 Å². The smallest absolute Gasteiger partial charge is 0.246 e. The van der Waals surface area contributed by atoms with Crippen LogP contribution < -0.4 is 5.32 Å². The number of carbonyl (C=O) groups is 2. The number of amides is 2. The van der Waals surface area contributed by atoms with Crippen LogP contribution in [0, 0.1) is 11.8 Å². The Morgan fingerprint density at radius 2 is 1.78 bits per heavy atom. The maximum atomic E-state index is 12.4. The lowest BCUT2D eigenvalue weighted by Crippen LogP contribution is -2.62. The topological polar surface area (TPSA) is 49.4 Å². The minimum atomic E-state index is -0.358. The summed E-state index contributed by atoms with van der Waals surface area (Å²) < 4.78 is 0. The monoisotopic (exact) mass is 254 g/mol. The first-order valence-corrected chi connectivity index (χ1v) is 7.02. The molecular formula is C14H26N2O2. The van der Waals surface area contributed by atoms with Gasteiger partial charge in [0.15, 0.2) is 0 Å². The lowest BCUT2D eigenvalue weighted by molar-refractivity contribution is -0.148. The Morgan fingerprint density at radius 3 is 2.22 bits per heavy atom. The molecule has 4 heteroatoms. The first-order valence-electron chi connectivity index (χ1n) is 7.02. The van der Waals surface area contributed by atoms with Crippen molar-refractivity contribution in [3.63, 3.8) is 0 Å². The predicted molar refractivity (Wildman–Crippen MR) is 72.0 cm³/mol. The number of rotatable bonds is 5. The van der Waals surface area contributed by atoms with Gasteiger partial charge in [-0.05, 0) is 18.8 Å². The summed E-state index contributed by atoms with van der Waals surface area (Å²) in [5.74, 6) is 0.640. The van der Waals surface area contributed by atoms with E-state index in [2.05, 4.69) is 26.1 Å². The van der Waals surface area contributed by atoms with Crippen LogP contribution >= 0.6 is 0 Å². The molecule has 1 fully saturated rings. The van der Waals surface area contributed by atoms with E-state index in [1.807, 2.05) is 13.8 Å². The molecule has 0 spiro atoms. The van der Waals surface area contributed by atoms with Crippen molar-refractivity contribution < 1.29 is 9.59 Å². The van der Waals surface area contributed by atoms with Crippen molar-refractivity contribution in [1.29, 1.82) is 0 Å². The standard InChI is InChI=1S/C14H26N2O2/c1-6-11(7-2)10(5)16-8-12(17)15-13(9(3)4)14(16)18/h9-11,13H,6-8H2,1-5H3,(H,15,17). The van der Waals surface area contributed by atoms with Crippen LogP contribution in [0.25, 0.3) is 0 Å². The average Bonchev–Trinajstić information content (AvgIpc) is 2.32. The van der Waals surface area contributed by atoms with Crippen LogP contribution in [-0.4, -0.2) is 35.3 Å². The zero-order chi connectivity index (χ0) is 13.9. The second-order valence-electron chi connectivity index (χ2n) is 5.57. The molecule has 0 saturated carbocycles. The molecule has 2 unspecified atom stereocenters. The van der Waals surface area contributed by atoms with Crippen molar-refractivity contribution in [2.45, 2.75) is 59.5 Å². The largest absolute Gasteiger partial charge is 0.343 e. The van der Waals surface area contributed by atoms with Crippen LogP contribution in [0.3, 0.4) is 0 Å². The molecule has 0 aromatic carbocycles. The number of nitrogens with one attached hydrogen (secondary N) is 1. The molecule has 0 aromatic rings. The summed E-state index contributed by atoms with van der Waals surface area (Å²) in [5, 5.41) is 2.80. The van der Waals surface area contributed by atoms with Gasteiger partial charge in [-0.25, -0.2) is 0 Å². The Balaban J connectivity index is 2.86. The predicted octanol–water partition coefficient (Wildman–Crippen LogP) is 1.79. The molecule has 104 valence electrons. The fourth-order valence-electron chi connectivity index (χ4n) is 2.71. The molecule has 1 saturated heterocycles. The minimum Gasteiger partial charge on any atom is -0.343 e. The van der Waals surface area contributed by atoms with Crippen LogP contribution in [0.15, 0.2) is 0 Å². The van der Waals surface area contributed by atoms with Gasteiger partial charge in [0.05, 0.1) is 6.54 Å². The van der Waals surface area contributed by atoms with Crippen molar-refractivity contribution in [1.82, 2.24) is 10.2 Å². The molecule has 1 heterocycles. The molecule has 18 heavy (non-hydrogen) atoms. The summed E-state index contributed by atoms with van der Waals surface area (Å²) in [7, 11) is 0. The molecule has 0 aromatic heterocycles. The van der Waals surface area contributed by atoms with E-state index in [4.69, 9.17) is 0 Å². The van der Waals surface area contributed by atoms with Crippen LogP contribution in [0.5, 0.6) is 0 Å². The van der Waals surface area contributed by atoms with Gasteiger partial charge in [0, 0.05) is 6.04 Å². The van der Waals surface area contributed by atoms with Gasteiger partial charge in [-0.3, -0.25) is 9.59 Å². The SMILES string of the molecule is CCC(CC)C(C)N1CC(=O)NC(C(C)C)C1=O. The van der Waals surface area contributed by atoms with E-state index in [9.17, 15) is 9.59 Å². The fraction of sp³-hybridized carbons (Fsp3) is 0.857. The number of hydrogen-bond acceptors (Lipinski definition) is 2. The molecule has 0 bridgehead atoms. The number of piperazine rings is 1. The van der Waals surface area contributed by atoms with Crippen molar-refractivity contribution in [3.05, 3.63) is 0 Å². The van der Waals surface area contributed by atoms with Gasteiger partial charge in [-0.2, -0.15) is 0 Å². The maximum Gasteiger partial charge on any atom is 0.246 e. The third kappa shape index (κ3) is 3.03. The van der Waals surface area contributed by atoms with E-state index in [1.165, 1.54) is 0 Å². The molecule has 2 atom stereocenters. The number of nitrogens with zero attached hydrogens (tertiary/aromatic N) is 1. The highest BCUT2D eigenvalue weighted by molar-refractivity contribution is 5.95. The highest BCUT2D eigenvalue weighted by atomic mass is 16.2. The van der Waals surface area contributed by atoms with Gasteiger partial charge in [0.25, 0.3) is 0 Å². The molecule has 1 rings (SSSR count). The Labute approximate surface area is 110 Å². The van der Waals surface area contributed by atoms with Crippen LogP contribution in [-0.2, 0) is 9.59 Å². The molecule has 0 radical (unpaired) electrons. The minimum absolute atomic E-state index is 0.0360. The van der Waals surface area contributed by atoms with Gasteiger partial charge in [0.2, 0.25) is 11.8 Å². The Bertz CT molecular complexity index is 311. The summed E-state index contributed by atoms with van der Waals surface area (Å²) in [4.78, 5) is 25.9. The highest BCUT2D eigenvalue weighted by Gasteiger charge is 2.38. The van der Waals surface area contributed by atoms with Crippen molar-refractivity contribution in [3.8, 4) is 0 Å². The third-order valence-electron chi connectivity index (χ3n) is 4.07. The average molecular weight is 254 g/mol. The molecule has 2 amide bonds. The third-order valence-corrected chi connectivity index (χ3v) is 4.07. The summed E-state index contributed by atoms with van der Waals surface area (Å²) in [6.45, 7) is 10.5. The molecule has 0 aliphatic carbocycles. The zero-order valence-electron chi connectivity index (χ0n) is 12.2. The second-order valence-corrected chi connectivity index (χ2v) is 5.57. The van der Waals surface area contributed by atoms with Crippen molar-refractivity contribution >= 4 is 11.8 Å². The van der Waals surface area contributed by atoms with Crippen molar-refractivity contribution in [2.75, 3.05) is 6.54 Å². The first-order chi connectivity index (χ1) is 8.42. The molecular weight excluding hydrogens is 228 g/mol. The van der Waals surface area contributed by atoms with E-state index in [-0.39, 0.29) is 36.4 Å². The van der Waals surface area contributed by atoms with E-state index in [0.29, 0.717) is 5.92 Å². The Kier molecular flexibility index (Phi) is 5.17. The maximum absolute atomic E-state index is 12.4. The normalized spacial score (nSPS) is 22.6. The van der Waals surface area contributed by atoms with Crippen LogP contribution in [0.2, 0.25) is 0 Å². The van der Waals surface area contributed by atoms with Gasteiger partial charge in [0.1, 0.15) is 6.04 Å². The Hall–Kier alpha value is -1.06. The first kappa shape index (κ1) is 15.0. The Morgan fingerprint density at radius 1 is 1.22 bits per heavy atom. The summed E-state index contributed by atoms with van der Waals surface area (Å²) in [5.41, 5.74) is 0. The van der Waals surface area contributed by atoms with E-state index in [1.54, 1.807) is 4.90 Å². The quantitative estimate of drug-likeness (QED) is 0.813. The number of carbonyl (C=O) groups excluding carboxylic acids is 2. The van der Waals surface area contributed by atoms with E-state index < -0.39 is 0 Å². The van der Waals surface area contributed by atoms with E-state index >= 15 is 0 Å². The fourth-order valence-corrected chi connectivity index (χ4v) is 2.71. The molecule has 1 aliphatic rings. The lowest BCUT2D eigenvalue weighted by atomic mass is 9.91. The van der Waals surface area contributed by atoms with Crippen LogP contribution in [0.4, 0.5) is 0 Å². The van der Waals surface area contributed by atoms with Gasteiger partial charge >= 0.3 is 0 Å². The summed E-state index contributed by atoms with van der Waals surface area (Å²) in [6, 6.07) is -0.220. The summed E-state index contributed by atoms with van der Waals surface area (Å²) in [6.07, 6.45) is 2.07. The molecule has 1 aliphatic heterocycles. The van der Waals surface area contributed by atoms with E-state index in [0.717, 1.165) is 12.8 Å². The van der Waals surface area contributed by atoms with Crippen molar-refractivity contribution in [2.24, 2.45) is 11.8 Å². The number of hydrogen-bond donors (Lipinski definition) is 1. The van der Waals surface area contributed by atoms with Crippen LogP contribution in [0.1, 0.15) is 47.5 Å². The molecule has 4 nitrogen and oxygen atoms in total.